The highest BCUT2D eigenvalue weighted by molar-refractivity contribution is 5.96. The zero-order valence-corrected chi connectivity index (χ0v) is 11.8. The first-order chi connectivity index (χ1) is 9.26. The zero-order chi connectivity index (χ0) is 15.1. The van der Waals surface area contributed by atoms with Crippen molar-refractivity contribution in [1.29, 1.82) is 0 Å². The molecule has 0 saturated heterocycles. The molecule has 1 fully saturated rings. The van der Waals surface area contributed by atoms with Crippen LogP contribution in [0.4, 0.5) is 4.39 Å². The molecule has 0 bridgehead atoms. The van der Waals surface area contributed by atoms with Crippen molar-refractivity contribution >= 4 is 11.9 Å². The largest absolute Gasteiger partial charge is 0.478 e. The van der Waals surface area contributed by atoms with Crippen LogP contribution in [0.25, 0.3) is 0 Å². The van der Waals surface area contributed by atoms with E-state index < -0.39 is 17.7 Å². The molecule has 108 valence electrons. The second-order valence-corrected chi connectivity index (χ2v) is 5.75. The predicted molar refractivity (Wildman–Crippen MR) is 72.3 cm³/mol. The van der Waals surface area contributed by atoms with E-state index in [1.807, 2.05) is 6.92 Å². The lowest BCUT2D eigenvalue weighted by molar-refractivity contribution is 0.0671. The summed E-state index contributed by atoms with van der Waals surface area (Å²) >= 11 is 0. The number of carboxylic acids is 1. The van der Waals surface area contributed by atoms with Crippen LogP contribution in [0.2, 0.25) is 0 Å². The molecule has 1 atom stereocenters. The highest BCUT2D eigenvalue weighted by Gasteiger charge is 2.45. The van der Waals surface area contributed by atoms with Gasteiger partial charge in [-0.05, 0) is 43.4 Å². The Labute approximate surface area is 117 Å². The number of amides is 1. The lowest BCUT2D eigenvalue weighted by Crippen LogP contribution is -2.40. The van der Waals surface area contributed by atoms with Gasteiger partial charge >= 0.3 is 5.97 Å². The summed E-state index contributed by atoms with van der Waals surface area (Å²) < 4.78 is 13.9. The third kappa shape index (κ3) is 2.53. The molecule has 0 aliphatic heterocycles. The van der Waals surface area contributed by atoms with E-state index >= 15 is 0 Å². The van der Waals surface area contributed by atoms with Gasteiger partial charge in [0.2, 0.25) is 0 Å². The number of hydrogen-bond acceptors (Lipinski definition) is 2. The Morgan fingerprint density at radius 1 is 1.40 bits per heavy atom. The minimum Gasteiger partial charge on any atom is -0.478 e. The maximum atomic E-state index is 13.9. The summed E-state index contributed by atoms with van der Waals surface area (Å²) in [5, 5.41) is 8.79. The van der Waals surface area contributed by atoms with Gasteiger partial charge < -0.3 is 10.0 Å². The van der Waals surface area contributed by atoms with Crippen LogP contribution in [-0.4, -0.2) is 35.0 Å². The van der Waals surface area contributed by atoms with E-state index in [4.69, 9.17) is 5.11 Å². The fourth-order valence-corrected chi connectivity index (χ4v) is 2.27. The first kappa shape index (κ1) is 14.5. The van der Waals surface area contributed by atoms with Crippen molar-refractivity contribution in [1.82, 2.24) is 4.90 Å². The summed E-state index contributed by atoms with van der Waals surface area (Å²) in [4.78, 5) is 24.6. The topological polar surface area (TPSA) is 57.6 Å². The van der Waals surface area contributed by atoms with Crippen LogP contribution in [0.15, 0.2) is 18.2 Å². The van der Waals surface area contributed by atoms with Crippen LogP contribution in [0.3, 0.4) is 0 Å². The SMILES string of the molecule is CC(N(C)C(=O)c1ccc(C(=O)O)cc1F)C1(C)CC1. The van der Waals surface area contributed by atoms with Crippen molar-refractivity contribution in [2.75, 3.05) is 7.05 Å². The average molecular weight is 279 g/mol. The molecule has 1 aliphatic rings. The van der Waals surface area contributed by atoms with Gasteiger partial charge in [0.05, 0.1) is 11.1 Å². The van der Waals surface area contributed by atoms with E-state index in [1.54, 1.807) is 7.05 Å². The smallest absolute Gasteiger partial charge is 0.335 e. The lowest BCUT2D eigenvalue weighted by Gasteiger charge is -2.30. The Morgan fingerprint density at radius 3 is 2.45 bits per heavy atom. The summed E-state index contributed by atoms with van der Waals surface area (Å²) in [7, 11) is 1.65. The van der Waals surface area contributed by atoms with Gasteiger partial charge in [-0.25, -0.2) is 9.18 Å². The van der Waals surface area contributed by atoms with Crippen molar-refractivity contribution in [2.45, 2.75) is 32.7 Å². The second-order valence-electron chi connectivity index (χ2n) is 5.75. The van der Waals surface area contributed by atoms with E-state index in [1.165, 1.54) is 17.0 Å². The Kier molecular flexibility index (Phi) is 3.54. The molecule has 1 amide bonds. The van der Waals surface area contributed by atoms with Gasteiger partial charge in [-0.3, -0.25) is 4.79 Å². The van der Waals surface area contributed by atoms with Crippen molar-refractivity contribution in [3.05, 3.63) is 35.1 Å². The normalized spacial score (nSPS) is 17.4. The van der Waals surface area contributed by atoms with Crippen LogP contribution in [0.1, 0.15) is 47.4 Å². The number of carbonyl (C=O) groups excluding carboxylic acids is 1. The molecule has 4 nitrogen and oxygen atoms in total. The molecule has 1 aliphatic carbocycles. The lowest BCUT2D eigenvalue weighted by atomic mass is 9.98. The van der Waals surface area contributed by atoms with Crippen LogP contribution < -0.4 is 0 Å². The number of aromatic carboxylic acids is 1. The number of carbonyl (C=O) groups is 2. The molecule has 5 heteroatoms. The van der Waals surface area contributed by atoms with Gasteiger partial charge in [0.1, 0.15) is 5.82 Å². The van der Waals surface area contributed by atoms with Gasteiger partial charge in [-0.2, -0.15) is 0 Å². The maximum absolute atomic E-state index is 13.9. The molecule has 1 aromatic rings. The first-order valence-corrected chi connectivity index (χ1v) is 6.56. The number of benzene rings is 1. The maximum Gasteiger partial charge on any atom is 0.335 e. The molecule has 0 radical (unpaired) electrons. The van der Waals surface area contributed by atoms with Crippen LogP contribution in [-0.2, 0) is 0 Å². The first-order valence-electron chi connectivity index (χ1n) is 6.56. The highest BCUT2D eigenvalue weighted by Crippen LogP contribution is 2.49. The third-order valence-corrected chi connectivity index (χ3v) is 4.40. The summed E-state index contributed by atoms with van der Waals surface area (Å²) in [5.74, 6) is -2.43. The number of hydrogen-bond donors (Lipinski definition) is 1. The summed E-state index contributed by atoms with van der Waals surface area (Å²) in [6, 6.07) is 3.39. The molecule has 2 rings (SSSR count). The number of nitrogens with zero attached hydrogens (tertiary/aromatic N) is 1. The average Bonchev–Trinajstić information content (AvgIpc) is 3.15. The van der Waals surface area contributed by atoms with Crippen LogP contribution in [0, 0.1) is 11.2 Å². The van der Waals surface area contributed by atoms with E-state index in [0.29, 0.717) is 0 Å². The summed E-state index contributed by atoms with van der Waals surface area (Å²) in [6.45, 7) is 4.06. The highest BCUT2D eigenvalue weighted by atomic mass is 19.1. The monoisotopic (exact) mass is 279 g/mol. The van der Waals surface area contributed by atoms with Gasteiger partial charge in [0.25, 0.3) is 5.91 Å². The van der Waals surface area contributed by atoms with Crippen molar-refractivity contribution < 1.29 is 19.1 Å². The number of carboxylic acid groups (broad SMARTS) is 1. The van der Waals surface area contributed by atoms with E-state index in [9.17, 15) is 14.0 Å². The molecule has 1 N–H and O–H groups in total. The van der Waals surface area contributed by atoms with Crippen LogP contribution >= 0.6 is 0 Å². The Bertz CT molecular complexity index is 566. The predicted octanol–water partition coefficient (Wildman–Crippen LogP) is 2.78. The zero-order valence-electron chi connectivity index (χ0n) is 11.8. The molecule has 1 unspecified atom stereocenters. The molecular weight excluding hydrogens is 261 g/mol. The van der Waals surface area contributed by atoms with Crippen LogP contribution in [0.5, 0.6) is 0 Å². The Morgan fingerprint density at radius 2 is 2.00 bits per heavy atom. The Hall–Kier alpha value is -1.91. The summed E-state index contributed by atoms with van der Waals surface area (Å²) in [6.07, 6.45) is 2.12. The van der Waals surface area contributed by atoms with Gasteiger partial charge in [0.15, 0.2) is 0 Å². The standard InChI is InChI=1S/C15H18FNO3/c1-9(15(2)6-7-15)17(3)13(18)11-5-4-10(14(19)20)8-12(11)16/h4-5,8-9H,6-7H2,1-3H3,(H,19,20). The van der Waals surface area contributed by atoms with Crippen molar-refractivity contribution in [3.63, 3.8) is 0 Å². The molecule has 0 spiro atoms. The third-order valence-electron chi connectivity index (χ3n) is 4.40. The second kappa shape index (κ2) is 4.89. The molecule has 1 saturated carbocycles. The fraction of sp³-hybridized carbons (Fsp3) is 0.467. The van der Waals surface area contributed by atoms with Gasteiger partial charge in [-0.1, -0.05) is 6.92 Å². The van der Waals surface area contributed by atoms with Gasteiger partial charge in [-0.15, -0.1) is 0 Å². The number of halogens is 1. The molecule has 0 heterocycles. The quantitative estimate of drug-likeness (QED) is 0.922. The Balaban J connectivity index is 2.22. The molecule has 0 aromatic heterocycles. The minimum atomic E-state index is -1.21. The minimum absolute atomic E-state index is 0.0218. The van der Waals surface area contributed by atoms with Gasteiger partial charge in [0, 0.05) is 13.1 Å². The summed E-state index contributed by atoms with van der Waals surface area (Å²) in [5.41, 5.74) is -0.139. The van der Waals surface area contributed by atoms with Crippen molar-refractivity contribution in [3.8, 4) is 0 Å². The van der Waals surface area contributed by atoms with E-state index in [2.05, 4.69) is 6.92 Å². The van der Waals surface area contributed by atoms with E-state index in [-0.39, 0.29) is 22.6 Å². The number of rotatable bonds is 4. The molecular formula is C15H18FNO3. The van der Waals surface area contributed by atoms with E-state index in [0.717, 1.165) is 18.9 Å². The fourth-order valence-electron chi connectivity index (χ4n) is 2.27. The molecule has 20 heavy (non-hydrogen) atoms. The van der Waals surface area contributed by atoms with Crippen molar-refractivity contribution in [2.24, 2.45) is 5.41 Å². The molecule has 1 aromatic carbocycles.